The molecule has 0 bridgehead atoms. The average Bonchev–Trinajstić information content (AvgIpc) is 2.55. The van der Waals surface area contributed by atoms with Gasteiger partial charge in [0.1, 0.15) is 0 Å². The first-order valence-corrected chi connectivity index (χ1v) is 8.58. The Hall–Kier alpha value is -2.01. The van der Waals surface area contributed by atoms with Crippen molar-refractivity contribution in [3.63, 3.8) is 0 Å². The molecule has 0 spiro atoms. The van der Waals surface area contributed by atoms with Gasteiger partial charge >= 0.3 is 0 Å². The highest BCUT2D eigenvalue weighted by Gasteiger charge is 2.05. The van der Waals surface area contributed by atoms with Gasteiger partial charge in [0.25, 0.3) is 5.91 Å². The lowest BCUT2D eigenvalue weighted by Gasteiger charge is -2.08. The standard InChI is InChI=1S/C18H20FNO2S/c1-14-6-8-15(9-7-14)13-23-11-10-20-18(21)12-22-17-5-3-2-4-16(17)19/h2-9H,10-13H2,1H3,(H,20,21). The van der Waals surface area contributed by atoms with Gasteiger partial charge in [0.2, 0.25) is 0 Å². The highest BCUT2D eigenvalue weighted by Crippen LogP contribution is 2.15. The van der Waals surface area contributed by atoms with E-state index in [0.717, 1.165) is 11.5 Å². The van der Waals surface area contributed by atoms with E-state index in [2.05, 4.69) is 36.5 Å². The number of aryl methyl sites for hydroxylation is 1. The lowest BCUT2D eigenvalue weighted by Crippen LogP contribution is -2.30. The zero-order chi connectivity index (χ0) is 16.5. The summed E-state index contributed by atoms with van der Waals surface area (Å²) in [7, 11) is 0. The van der Waals surface area contributed by atoms with Gasteiger partial charge in [0.05, 0.1) is 0 Å². The lowest BCUT2D eigenvalue weighted by atomic mass is 10.2. The summed E-state index contributed by atoms with van der Waals surface area (Å²) in [6, 6.07) is 14.5. The maximum absolute atomic E-state index is 13.3. The van der Waals surface area contributed by atoms with Crippen molar-refractivity contribution in [3.05, 3.63) is 65.5 Å². The highest BCUT2D eigenvalue weighted by molar-refractivity contribution is 7.98. The SMILES string of the molecule is Cc1ccc(CSCCNC(=O)COc2ccccc2F)cc1. The Balaban J connectivity index is 1.58. The van der Waals surface area contributed by atoms with Crippen molar-refractivity contribution in [1.29, 1.82) is 0 Å². The van der Waals surface area contributed by atoms with Crippen molar-refractivity contribution in [2.75, 3.05) is 18.9 Å². The van der Waals surface area contributed by atoms with Gasteiger partial charge in [-0.25, -0.2) is 4.39 Å². The molecule has 1 N–H and O–H groups in total. The number of ether oxygens (including phenoxy) is 1. The van der Waals surface area contributed by atoms with E-state index in [1.165, 1.54) is 23.3 Å². The maximum Gasteiger partial charge on any atom is 0.257 e. The minimum Gasteiger partial charge on any atom is -0.481 e. The van der Waals surface area contributed by atoms with E-state index in [-0.39, 0.29) is 18.3 Å². The molecule has 0 fully saturated rings. The van der Waals surface area contributed by atoms with Crippen molar-refractivity contribution in [1.82, 2.24) is 5.32 Å². The first-order valence-electron chi connectivity index (χ1n) is 7.42. The zero-order valence-electron chi connectivity index (χ0n) is 13.0. The van der Waals surface area contributed by atoms with Gasteiger partial charge in [-0.15, -0.1) is 0 Å². The third-order valence-corrected chi connectivity index (χ3v) is 4.18. The van der Waals surface area contributed by atoms with Crippen LogP contribution in [0.3, 0.4) is 0 Å². The maximum atomic E-state index is 13.3. The van der Waals surface area contributed by atoms with Crippen LogP contribution in [0.5, 0.6) is 5.75 Å². The van der Waals surface area contributed by atoms with Crippen molar-refractivity contribution in [3.8, 4) is 5.75 Å². The number of para-hydroxylation sites is 1. The van der Waals surface area contributed by atoms with Crippen LogP contribution in [0, 0.1) is 12.7 Å². The Morgan fingerprint density at radius 2 is 1.91 bits per heavy atom. The molecule has 2 aromatic rings. The summed E-state index contributed by atoms with van der Waals surface area (Å²) in [4.78, 5) is 11.6. The number of nitrogens with one attached hydrogen (secondary N) is 1. The van der Waals surface area contributed by atoms with Gasteiger partial charge in [-0.05, 0) is 24.6 Å². The van der Waals surface area contributed by atoms with Crippen LogP contribution in [0.2, 0.25) is 0 Å². The monoisotopic (exact) mass is 333 g/mol. The van der Waals surface area contributed by atoms with Crippen molar-refractivity contribution in [2.24, 2.45) is 0 Å². The van der Waals surface area contributed by atoms with Gasteiger partial charge in [-0.1, -0.05) is 42.0 Å². The van der Waals surface area contributed by atoms with Crippen molar-refractivity contribution < 1.29 is 13.9 Å². The van der Waals surface area contributed by atoms with Gasteiger partial charge < -0.3 is 10.1 Å². The topological polar surface area (TPSA) is 38.3 Å². The second-order valence-corrected chi connectivity index (χ2v) is 6.21. The van der Waals surface area contributed by atoms with Gasteiger partial charge in [-0.2, -0.15) is 11.8 Å². The van der Waals surface area contributed by atoms with E-state index in [4.69, 9.17) is 4.74 Å². The second kappa shape index (κ2) is 9.20. The van der Waals surface area contributed by atoms with Gasteiger partial charge in [-0.3, -0.25) is 4.79 Å². The summed E-state index contributed by atoms with van der Waals surface area (Å²) in [5.41, 5.74) is 2.52. The fourth-order valence-electron chi connectivity index (χ4n) is 1.89. The predicted octanol–water partition coefficient (Wildman–Crippen LogP) is 3.56. The quantitative estimate of drug-likeness (QED) is 0.751. The summed E-state index contributed by atoms with van der Waals surface area (Å²) in [6.45, 7) is 2.45. The fraction of sp³-hybridized carbons (Fsp3) is 0.278. The lowest BCUT2D eigenvalue weighted by molar-refractivity contribution is -0.123. The number of halogens is 1. The molecule has 0 atom stereocenters. The number of benzene rings is 2. The molecule has 0 aliphatic rings. The number of amides is 1. The molecule has 23 heavy (non-hydrogen) atoms. The number of carbonyl (C=O) groups is 1. The molecule has 5 heteroatoms. The van der Waals surface area contributed by atoms with Crippen molar-refractivity contribution in [2.45, 2.75) is 12.7 Å². The minimum atomic E-state index is -0.464. The van der Waals surface area contributed by atoms with Crippen LogP contribution in [0.25, 0.3) is 0 Å². The Kier molecular flexibility index (Phi) is 6.94. The normalized spacial score (nSPS) is 10.3. The Morgan fingerprint density at radius 3 is 2.65 bits per heavy atom. The van der Waals surface area contributed by atoms with E-state index in [1.807, 2.05) is 0 Å². The predicted molar refractivity (Wildman–Crippen MR) is 92.2 cm³/mol. The Bertz CT molecular complexity index is 631. The summed E-state index contributed by atoms with van der Waals surface area (Å²) in [6.07, 6.45) is 0. The molecule has 0 aromatic heterocycles. The van der Waals surface area contributed by atoms with E-state index in [0.29, 0.717) is 6.54 Å². The van der Waals surface area contributed by atoms with Gasteiger partial charge in [0.15, 0.2) is 18.2 Å². The summed E-state index contributed by atoms with van der Waals surface area (Å²) in [5.74, 6) is 1.12. The smallest absolute Gasteiger partial charge is 0.257 e. The third kappa shape index (κ3) is 6.32. The fourth-order valence-corrected chi connectivity index (χ4v) is 2.71. The number of thioether (sulfide) groups is 1. The highest BCUT2D eigenvalue weighted by atomic mass is 32.2. The average molecular weight is 333 g/mol. The third-order valence-electron chi connectivity index (χ3n) is 3.15. The molecule has 3 nitrogen and oxygen atoms in total. The number of rotatable bonds is 8. The molecule has 0 aliphatic carbocycles. The van der Waals surface area contributed by atoms with E-state index < -0.39 is 5.82 Å². The van der Waals surface area contributed by atoms with Gasteiger partial charge in [0, 0.05) is 18.1 Å². The molecule has 0 heterocycles. The molecule has 0 aliphatic heterocycles. The van der Waals surface area contributed by atoms with Crippen LogP contribution in [0.1, 0.15) is 11.1 Å². The minimum absolute atomic E-state index is 0.0939. The molecular weight excluding hydrogens is 313 g/mol. The van der Waals surface area contributed by atoms with Crippen LogP contribution in [-0.2, 0) is 10.5 Å². The van der Waals surface area contributed by atoms with Crippen LogP contribution in [-0.4, -0.2) is 24.8 Å². The molecule has 0 saturated heterocycles. The first-order chi connectivity index (χ1) is 11.1. The largest absolute Gasteiger partial charge is 0.481 e. The Labute approximate surface area is 140 Å². The summed E-state index contributed by atoms with van der Waals surface area (Å²) < 4.78 is 18.5. The number of carbonyl (C=O) groups excluding carboxylic acids is 1. The molecule has 1 amide bonds. The molecule has 0 radical (unpaired) electrons. The van der Waals surface area contributed by atoms with E-state index in [9.17, 15) is 9.18 Å². The first kappa shape index (κ1) is 17.3. The van der Waals surface area contributed by atoms with Crippen LogP contribution >= 0.6 is 11.8 Å². The van der Waals surface area contributed by atoms with Crippen molar-refractivity contribution >= 4 is 17.7 Å². The molecular formula is C18H20FNO2S. The molecule has 0 saturated carbocycles. The van der Waals surface area contributed by atoms with Crippen LogP contribution < -0.4 is 10.1 Å². The zero-order valence-corrected chi connectivity index (χ0v) is 13.9. The molecule has 2 aromatic carbocycles. The number of hydrogen-bond acceptors (Lipinski definition) is 3. The van der Waals surface area contributed by atoms with Crippen LogP contribution in [0.15, 0.2) is 48.5 Å². The van der Waals surface area contributed by atoms with E-state index >= 15 is 0 Å². The molecule has 122 valence electrons. The number of hydrogen-bond donors (Lipinski definition) is 1. The summed E-state index contributed by atoms with van der Waals surface area (Å²) in [5, 5.41) is 2.76. The second-order valence-electron chi connectivity index (χ2n) is 5.11. The summed E-state index contributed by atoms with van der Waals surface area (Å²) >= 11 is 1.76. The van der Waals surface area contributed by atoms with Crippen LogP contribution in [0.4, 0.5) is 4.39 Å². The molecule has 0 unspecified atom stereocenters. The Morgan fingerprint density at radius 1 is 1.17 bits per heavy atom. The van der Waals surface area contributed by atoms with E-state index in [1.54, 1.807) is 23.9 Å². The molecule has 2 rings (SSSR count).